The summed E-state index contributed by atoms with van der Waals surface area (Å²) >= 11 is 0. The molecule has 0 N–H and O–H groups in total. The fourth-order valence-electron chi connectivity index (χ4n) is 3.13. The van der Waals surface area contributed by atoms with Crippen LogP contribution in [0.3, 0.4) is 0 Å². The van der Waals surface area contributed by atoms with Crippen LogP contribution < -0.4 is 0 Å². The lowest BCUT2D eigenvalue weighted by Gasteiger charge is -2.30. The second kappa shape index (κ2) is 6.66. The number of sulfonamides is 1. The van der Waals surface area contributed by atoms with E-state index in [4.69, 9.17) is 0 Å². The van der Waals surface area contributed by atoms with Crippen molar-refractivity contribution in [2.75, 3.05) is 20.6 Å². The van der Waals surface area contributed by atoms with Gasteiger partial charge in [-0.2, -0.15) is 9.40 Å². The van der Waals surface area contributed by atoms with Gasteiger partial charge in [0.1, 0.15) is 0 Å². The lowest BCUT2D eigenvalue weighted by Crippen LogP contribution is -2.44. The summed E-state index contributed by atoms with van der Waals surface area (Å²) in [5, 5.41) is 4.31. The molecule has 0 saturated carbocycles. The van der Waals surface area contributed by atoms with Crippen LogP contribution >= 0.6 is 0 Å². The average molecular weight is 348 g/mol. The smallest absolute Gasteiger partial charge is 0.243 e. The summed E-state index contributed by atoms with van der Waals surface area (Å²) in [6, 6.07) is 8.90. The normalized spacial score (nSPS) is 19.2. The zero-order valence-corrected chi connectivity index (χ0v) is 15.2. The van der Waals surface area contributed by atoms with Crippen molar-refractivity contribution >= 4 is 10.0 Å². The van der Waals surface area contributed by atoms with Gasteiger partial charge in [0, 0.05) is 25.3 Å². The third-order valence-corrected chi connectivity index (χ3v) is 6.32. The second-order valence-corrected chi connectivity index (χ2v) is 8.50. The van der Waals surface area contributed by atoms with Crippen molar-refractivity contribution in [1.29, 1.82) is 0 Å². The molecule has 1 aliphatic heterocycles. The maximum atomic E-state index is 13.3. The van der Waals surface area contributed by atoms with E-state index in [1.807, 2.05) is 48.8 Å². The summed E-state index contributed by atoms with van der Waals surface area (Å²) in [6.45, 7) is 3.74. The largest absolute Gasteiger partial charge is 0.308 e. The molecule has 2 aromatic rings. The van der Waals surface area contributed by atoms with Gasteiger partial charge in [0.25, 0.3) is 0 Å². The van der Waals surface area contributed by atoms with Gasteiger partial charge in [-0.3, -0.25) is 4.68 Å². The molecule has 24 heavy (non-hydrogen) atoms. The number of aromatic nitrogens is 2. The molecule has 0 unspecified atom stereocenters. The minimum absolute atomic E-state index is 0.0759. The quantitative estimate of drug-likeness (QED) is 0.844. The van der Waals surface area contributed by atoms with Crippen LogP contribution in [0.4, 0.5) is 0 Å². The van der Waals surface area contributed by atoms with E-state index in [2.05, 4.69) is 5.10 Å². The lowest BCUT2D eigenvalue weighted by atomic mass is 10.2. The van der Waals surface area contributed by atoms with Crippen LogP contribution in [0.5, 0.6) is 0 Å². The molecule has 0 aliphatic carbocycles. The molecule has 0 radical (unpaired) electrons. The minimum atomic E-state index is -3.55. The second-order valence-electron chi connectivity index (χ2n) is 6.61. The summed E-state index contributed by atoms with van der Waals surface area (Å²) in [5.41, 5.74) is 1.99. The van der Waals surface area contributed by atoms with Crippen LogP contribution in [0, 0.1) is 6.92 Å². The van der Waals surface area contributed by atoms with E-state index in [1.54, 1.807) is 22.6 Å². The highest BCUT2D eigenvalue weighted by molar-refractivity contribution is 7.89. The summed E-state index contributed by atoms with van der Waals surface area (Å²) in [6.07, 6.45) is 2.48. The number of hydrogen-bond donors (Lipinski definition) is 0. The fraction of sp³-hybridized carbons (Fsp3) is 0.471. The van der Waals surface area contributed by atoms with E-state index in [-0.39, 0.29) is 6.04 Å². The highest BCUT2D eigenvalue weighted by Gasteiger charge is 2.34. The molecule has 0 spiro atoms. The van der Waals surface area contributed by atoms with Gasteiger partial charge >= 0.3 is 0 Å². The predicted octanol–water partition coefficient (Wildman–Crippen LogP) is 1.72. The highest BCUT2D eigenvalue weighted by Crippen LogP contribution is 2.26. The number of nitrogens with zero attached hydrogens (tertiary/aromatic N) is 4. The number of benzene rings is 1. The third-order valence-electron chi connectivity index (χ3n) is 4.41. The first kappa shape index (κ1) is 17.1. The first-order chi connectivity index (χ1) is 11.4. The van der Waals surface area contributed by atoms with Crippen LogP contribution in [-0.4, -0.2) is 54.1 Å². The monoisotopic (exact) mass is 348 g/mol. The predicted molar refractivity (Wildman–Crippen MR) is 93.1 cm³/mol. The number of aryl methyl sites for hydroxylation is 2. The summed E-state index contributed by atoms with van der Waals surface area (Å²) in [4.78, 5) is 2.39. The number of fused-ring (bicyclic) bond motifs is 1. The Morgan fingerprint density at radius 3 is 2.58 bits per heavy atom. The maximum absolute atomic E-state index is 13.3. The molecule has 6 nitrogen and oxygen atoms in total. The van der Waals surface area contributed by atoms with Gasteiger partial charge < -0.3 is 4.90 Å². The van der Waals surface area contributed by atoms with E-state index in [1.165, 1.54) is 0 Å². The van der Waals surface area contributed by atoms with Crippen molar-refractivity contribution in [1.82, 2.24) is 19.0 Å². The van der Waals surface area contributed by atoms with E-state index in [0.717, 1.165) is 24.2 Å². The van der Waals surface area contributed by atoms with Crippen LogP contribution in [0.25, 0.3) is 0 Å². The summed E-state index contributed by atoms with van der Waals surface area (Å²) < 4.78 is 30.1. The fourth-order valence-corrected chi connectivity index (χ4v) is 4.75. The molecule has 7 heteroatoms. The molecule has 1 atom stereocenters. The van der Waals surface area contributed by atoms with Crippen molar-refractivity contribution in [2.24, 2.45) is 0 Å². The van der Waals surface area contributed by atoms with Crippen LogP contribution in [-0.2, 0) is 23.1 Å². The Balaban J connectivity index is 2.00. The molecule has 1 aromatic carbocycles. The van der Waals surface area contributed by atoms with Gasteiger partial charge in [-0.15, -0.1) is 0 Å². The van der Waals surface area contributed by atoms with Gasteiger partial charge in [0.05, 0.1) is 17.1 Å². The molecule has 0 bridgehead atoms. The van der Waals surface area contributed by atoms with Gasteiger partial charge in [0.2, 0.25) is 10.0 Å². The van der Waals surface area contributed by atoms with E-state index in [9.17, 15) is 8.42 Å². The first-order valence-corrected chi connectivity index (χ1v) is 9.56. The van der Waals surface area contributed by atoms with Gasteiger partial charge in [-0.05, 0) is 45.6 Å². The Morgan fingerprint density at radius 1 is 1.21 bits per heavy atom. The topological polar surface area (TPSA) is 58.4 Å². The molecule has 1 aliphatic rings. The number of hydrogen-bond acceptors (Lipinski definition) is 4. The van der Waals surface area contributed by atoms with Crippen molar-refractivity contribution in [3.05, 3.63) is 47.8 Å². The Labute approximate surface area is 143 Å². The van der Waals surface area contributed by atoms with Gasteiger partial charge in [0.15, 0.2) is 0 Å². The van der Waals surface area contributed by atoms with Gasteiger partial charge in [-0.1, -0.05) is 17.7 Å². The molecular weight excluding hydrogens is 324 g/mol. The van der Waals surface area contributed by atoms with Crippen molar-refractivity contribution in [2.45, 2.75) is 37.4 Å². The Bertz CT molecular complexity index is 796. The lowest BCUT2D eigenvalue weighted by molar-refractivity contribution is 0.239. The molecular formula is C17H24N4O2S. The van der Waals surface area contributed by atoms with E-state index in [0.29, 0.717) is 18.0 Å². The van der Waals surface area contributed by atoms with Gasteiger partial charge in [-0.25, -0.2) is 8.42 Å². The molecule has 0 fully saturated rings. The van der Waals surface area contributed by atoms with Crippen LogP contribution in [0.1, 0.15) is 17.7 Å². The molecule has 0 saturated heterocycles. The highest BCUT2D eigenvalue weighted by atomic mass is 32.2. The molecule has 1 aromatic heterocycles. The van der Waals surface area contributed by atoms with Crippen molar-refractivity contribution < 1.29 is 8.42 Å². The Hall–Kier alpha value is -1.70. The van der Waals surface area contributed by atoms with E-state index < -0.39 is 10.0 Å². The average Bonchev–Trinajstić information content (AvgIpc) is 2.89. The zero-order valence-electron chi connectivity index (χ0n) is 14.4. The number of likely N-dealkylation sites (N-methyl/N-ethyl adjacent to an activating group) is 1. The summed E-state index contributed by atoms with van der Waals surface area (Å²) in [7, 11) is 0.393. The van der Waals surface area contributed by atoms with Crippen molar-refractivity contribution in [3.63, 3.8) is 0 Å². The summed E-state index contributed by atoms with van der Waals surface area (Å²) in [5.74, 6) is 0. The molecule has 2 heterocycles. The van der Waals surface area contributed by atoms with E-state index >= 15 is 0 Å². The number of rotatable bonds is 4. The maximum Gasteiger partial charge on any atom is 0.243 e. The molecule has 3 rings (SSSR count). The van der Waals surface area contributed by atoms with Crippen LogP contribution in [0.15, 0.2) is 41.4 Å². The first-order valence-electron chi connectivity index (χ1n) is 8.12. The third kappa shape index (κ3) is 3.38. The SMILES string of the molecule is Cc1ccc(S(=O)(=O)N2Cc3ccnn3CC[C@H]2CN(C)C)cc1. The molecule has 0 amide bonds. The zero-order chi connectivity index (χ0) is 17.3. The standard InChI is InChI=1S/C17H24N4O2S/c1-14-4-6-17(7-5-14)24(22,23)21-13-15-8-10-18-20(15)11-9-16(21)12-19(2)3/h4-8,10,16H,9,11-13H2,1-3H3/t16-/m0/s1. The van der Waals surface area contributed by atoms with Crippen molar-refractivity contribution in [3.8, 4) is 0 Å². The minimum Gasteiger partial charge on any atom is -0.308 e. The Morgan fingerprint density at radius 2 is 1.92 bits per heavy atom. The molecule has 130 valence electrons. The van der Waals surface area contributed by atoms with Crippen LogP contribution in [0.2, 0.25) is 0 Å². The Kier molecular flexibility index (Phi) is 4.76.